The molecule has 0 radical (unpaired) electrons. The van der Waals surface area contributed by atoms with E-state index >= 15 is 0 Å². The average Bonchev–Trinajstić information content (AvgIpc) is 2.65. The van der Waals surface area contributed by atoms with Crippen molar-refractivity contribution in [3.63, 3.8) is 0 Å². The van der Waals surface area contributed by atoms with Crippen molar-refractivity contribution in [2.45, 2.75) is 33.7 Å². The molecule has 0 aliphatic heterocycles. The third-order valence-electron chi connectivity index (χ3n) is 2.50. The zero-order chi connectivity index (χ0) is 11.6. The summed E-state index contributed by atoms with van der Waals surface area (Å²) in [5.74, 6) is 0.184. The Bertz CT molecular complexity index is 324. The molecular weight excluding hydrogens is 206 g/mol. The topological polar surface area (TPSA) is 20.3 Å². The van der Waals surface area contributed by atoms with E-state index in [0.29, 0.717) is 0 Å². The smallest absolute Gasteiger partial charge is 0.228 e. The van der Waals surface area contributed by atoms with Crippen molar-refractivity contribution in [1.82, 2.24) is 4.90 Å². The minimum atomic E-state index is -0.305. The van der Waals surface area contributed by atoms with Crippen molar-refractivity contribution in [1.29, 1.82) is 0 Å². The lowest BCUT2D eigenvalue weighted by molar-refractivity contribution is -0.140. The van der Waals surface area contributed by atoms with E-state index in [-0.39, 0.29) is 17.4 Å². The third-order valence-corrected chi connectivity index (χ3v) is 3.54. The maximum Gasteiger partial charge on any atom is 0.228 e. The molecule has 15 heavy (non-hydrogen) atoms. The number of hydrogen-bond acceptors (Lipinski definition) is 2. The van der Waals surface area contributed by atoms with Crippen LogP contribution in [0.15, 0.2) is 17.5 Å². The molecule has 0 aliphatic rings. The zero-order valence-corrected chi connectivity index (χ0v) is 10.9. The van der Waals surface area contributed by atoms with Gasteiger partial charge in [0.1, 0.15) is 0 Å². The van der Waals surface area contributed by atoms with Gasteiger partial charge in [0.25, 0.3) is 0 Å². The summed E-state index contributed by atoms with van der Waals surface area (Å²) in [7, 11) is 1.87. The van der Waals surface area contributed by atoms with E-state index < -0.39 is 0 Å². The number of nitrogens with zero attached hydrogens (tertiary/aromatic N) is 1. The van der Waals surface area contributed by atoms with Crippen LogP contribution in [0, 0.1) is 5.41 Å². The molecule has 84 valence electrons. The Balaban J connectivity index is 2.78. The van der Waals surface area contributed by atoms with Crippen molar-refractivity contribution >= 4 is 17.2 Å². The van der Waals surface area contributed by atoms with E-state index in [1.54, 1.807) is 11.3 Å². The highest BCUT2D eigenvalue weighted by Crippen LogP contribution is 2.27. The lowest BCUT2D eigenvalue weighted by Crippen LogP contribution is -2.37. The summed E-state index contributed by atoms with van der Waals surface area (Å²) in [6, 6.07) is 4.25. The number of amides is 1. The first-order valence-electron chi connectivity index (χ1n) is 5.14. The Morgan fingerprint density at radius 1 is 1.47 bits per heavy atom. The van der Waals surface area contributed by atoms with Gasteiger partial charge < -0.3 is 4.90 Å². The lowest BCUT2D eigenvalue weighted by Gasteiger charge is -2.30. The fourth-order valence-electron chi connectivity index (χ4n) is 1.42. The molecule has 3 heteroatoms. The first-order chi connectivity index (χ1) is 6.84. The van der Waals surface area contributed by atoms with Crippen LogP contribution in [0.1, 0.15) is 38.6 Å². The Labute approximate surface area is 95.9 Å². The molecule has 0 saturated heterocycles. The molecule has 1 heterocycles. The molecule has 0 saturated carbocycles. The van der Waals surface area contributed by atoms with Crippen LogP contribution in [0.3, 0.4) is 0 Å². The predicted molar refractivity (Wildman–Crippen MR) is 65.0 cm³/mol. The van der Waals surface area contributed by atoms with Crippen molar-refractivity contribution in [3.8, 4) is 0 Å². The highest BCUT2D eigenvalue weighted by atomic mass is 32.1. The van der Waals surface area contributed by atoms with Gasteiger partial charge in [0.05, 0.1) is 6.04 Å². The van der Waals surface area contributed by atoms with Gasteiger partial charge in [-0.2, -0.15) is 0 Å². The van der Waals surface area contributed by atoms with E-state index in [2.05, 4.69) is 13.0 Å². The Hall–Kier alpha value is -0.830. The zero-order valence-electron chi connectivity index (χ0n) is 10.1. The SMILES string of the molecule is CC(c1cccs1)N(C)C(=O)C(C)(C)C. The molecule has 1 aromatic rings. The van der Waals surface area contributed by atoms with Gasteiger partial charge in [-0.15, -0.1) is 11.3 Å². The number of rotatable bonds is 2. The molecule has 0 aromatic carbocycles. The normalized spacial score (nSPS) is 13.7. The average molecular weight is 225 g/mol. The molecule has 0 fully saturated rings. The van der Waals surface area contributed by atoms with Gasteiger partial charge in [-0.1, -0.05) is 26.8 Å². The molecule has 0 spiro atoms. The van der Waals surface area contributed by atoms with E-state index in [4.69, 9.17) is 0 Å². The van der Waals surface area contributed by atoms with Crippen molar-refractivity contribution in [2.75, 3.05) is 7.05 Å². The van der Waals surface area contributed by atoms with Crippen LogP contribution in [0.2, 0.25) is 0 Å². The van der Waals surface area contributed by atoms with Gasteiger partial charge in [0, 0.05) is 17.3 Å². The predicted octanol–water partition coefficient (Wildman–Crippen LogP) is 3.31. The highest BCUT2D eigenvalue weighted by molar-refractivity contribution is 7.10. The van der Waals surface area contributed by atoms with Crippen LogP contribution in [-0.4, -0.2) is 17.9 Å². The van der Waals surface area contributed by atoms with Crippen molar-refractivity contribution in [2.24, 2.45) is 5.41 Å². The summed E-state index contributed by atoms with van der Waals surface area (Å²) in [5, 5.41) is 2.04. The third kappa shape index (κ3) is 2.81. The first-order valence-corrected chi connectivity index (χ1v) is 6.02. The molecule has 1 amide bonds. The van der Waals surface area contributed by atoms with Gasteiger partial charge in [0.2, 0.25) is 5.91 Å². The van der Waals surface area contributed by atoms with Crippen LogP contribution < -0.4 is 0 Å². The Morgan fingerprint density at radius 3 is 2.47 bits per heavy atom. The summed E-state index contributed by atoms with van der Waals surface area (Å²) in [6.07, 6.45) is 0. The highest BCUT2D eigenvalue weighted by Gasteiger charge is 2.28. The second-order valence-corrected chi connectivity index (χ2v) is 5.84. The first kappa shape index (κ1) is 12.2. The van der Waals surface area contributed by atoms with Gasteiger partial charge >= 0.3 is 0 Å². The quantitative estimate of drug-likeness (QED) is 0.756. The van der Waals surface area contributed by atoms with Crippen LogP contribution in [0.4, 0.5) is 0 Å². The number of hydrogen-bond donors (Lipinski definition) is 0. The van der Waals surface area contributed by atoms with E-state index in [1.807, 2.05) is 44.2 Å². The summed E-state index contributed by atoms with van der Waals surface area (Å²) in [4.78, 5) is 15.1. The molecular formula is C12H19NOS. The van der Waals surface area contributed by atoms with Crippen molar-refractivity contribution in [3.05, 3.63) is 22.4 Å². The van der Waals surface area contributed by atoms with Crippen molar-refractivity contribution < 1.29 is 4.79 Å². The number of carbonyl (C=O) groups is 1. The molecule has 2 nitrogen and oxygen atoms in total. The molecule has 1 unspecified atom stereocenters. The molecule has 1 aromatic heterocycles. The van der Waals surface area contributed by atoms with E-state index in [9.17, 15) is 4.79 Å². The summed E-state index contributed by atoms with van der Waals surface area (Å²) in [6.45, 7) is 7.92. The minimum Gasteiger partial charge on any atom is -0.338 e. The van der Waals surface area contributed by atoms with Gasteiger partial charge in [-0.3, -0.25) is 4.79 Å². The summed E-state index contributed by atoms with van der Waals surface area (Å²) >= 11 is 1.69. The van der Waals surface area contributed by atoms with Crippen LogP contribution in [0.5, 0.6) is 0 Å². The Morgan fingerprint density at radius 2 is 2.07 bits per heavy atom. The summed E-state index contributed by atoms with van der Waals surface area (Å²) in [5.41, 5.74) is -0.305. The molecule has 0 aliphatic carbocycles. The maximum absolute atomic E-state index is 12.0. The van der Waals surface area contributed by atoms with Gasteiger partial charge in [-0.25, -0.2) is 0 Å². The van der Waals surface area contributed by atoms with E-state index in [1.165, 1.54) is 4.88 Å². The van der Waals surface area contributed by atoms with Crippen LogP contribution >= 0.6 is 11.3 Å². The number of thiophene rings is 1. The second kappa shape index (κ2) is 4.35. The Kier molecular flexibility index (Phi) is 3.55. The lowest BCUT2D eigenvalue weighted by atomic mass is 9.94. The monoisotopic (exact) mass is 225 g/mol. The van der Waals surface area contributed by atoms with Crippen LogP contribution in [0.25, 0.3) is 0 Å². The van der Waals surface area contributed by atoms with Gasteiger partial charge in [0.15, 0.2) is 0 Å². The molecule has 1 rings (SSSR count). The standard InChI is InChI=1S/C12H19NOS/c1-9(10-7-6-8-15-10)13(5)11(14)12(2,3)4/h6-9H,1-5H3. The van der Waals surface area contributed by atoms with Crippen LogP contribution in [-0.2, 0) is 4.79 Å². The fourth-order valence-corrected chi connectivity index (χ4v) is 2.25. The minimum absolute atomic E-state index is 0.164. The van der Waals surface area contributed by atoms with Gasteiger partial charge in [-0.05, 0) is 18.4 Å². The second-order valence-electron chi connectivity index (χ2n) is 4.86. The van der Waals surface area contributed by atoms with E-state index in [0.717, 1.165) is 0 Å². The number of carbonyl (C=O) groups excluding carboxylic acids is 1. The molecule has 1 atom stereocenters. The molecule has 0 N–H and O–H groups in total. The summed E-state index contributed by atoms with van der Waals surface area (Å²) < 4.78 is 0. The fraction of sp³-hybridized carbons (Fsp3) is 0.583. The largest absolute Gasteiger partial charge is 0.338 e. The maximum atomic E-state index is 12.0. The molecule has 0 bridgehead atoms.